The minimum absolute atomic E-state index is 0.137. The number of amides is 1. The van der Waals surface area contributed by atoms with Gasteiger partial charge in [-0.3, -0.25) is 14.5 Å². The largest absolute Gasteiger partial charge is 0.455 e. The third kappa shape index (κ3) is 4.85. The molecule has 2 aliphatic heterocycles. The lowest BCUT2D eigenvalue weighted by molar-refractivity contribution is -0.153. The molecule has 4 rings (SSSR count). The van der Waals surface area contributed by atoms with Crippen LogP contribution in [0.1, 0.15) is 30.4 Å². The predicted octanol–water partition coefficient (Wildman–Crippen LogP) is 3.42. The second-order valence-corrected chi connectivity index (χ2v) is 7.95. The van der Waals surface area contributed by atoms with Gasteiger partial charge in [-0.05, 0) is 49.4 Å². The van der Waals surface area contributed by atoms with E-state index in [0.717, 1.165) is 44.5 Å². The summed E-state index contributed by atoms with van der Waals surface area (Å²) in [6.07, 6.45) is 3.72. The first-order valence-corrected chi connectivity index (χ1v) is 10.5. The fourth-order valence-corrected chi connectivity index (χ4v) is 4.35. The number of esters is 1. The van der Waals surface area contributed by atoms with Gasteiger partial charge in [-0.2, -0.15) is 0 Å². The second-order valence-electron chi connectivity index (χ2n) is 7.95. The van der Waals surface area contributed by atoms with E-state index in [9.17, 15) is 9.59 Å². The molecule has 0 aromatic heterocycles. The highest BCUT2D eigenvalue weighted by molar-refractivity contribution is 5.96. The Morgan fingerprint density at radius 3 is 2.62 bits per heavy atom. The van der Waals surface area contributed by atoms with E-state index in [2.05, 4.69) is 23.1 Å². The van der Waals surface area contributed by atoms with Crippen molar-refractivity contribution in [2.75, 3.05) is 31.1 Å². The highest BCUT2D eigenvalue weighted by atomic mass is 16.5. The van der Waals surface area contributed by atoms with Crippen molar-refractivity contribution in [3.63, 3.8) is 0 Å². The maximum Gasteiger partial charge on any atom is 0.310 e. The molecule has 0 N–H and O–H groups in total. The summed E-state index contributed by atoms with van der Waals surface area (Å²) in [5.74, 6) is -0.544. The van der Waals surface area contributed by atoms with Crippen LogP contribution in [0.3, 0.4) is 0 Å². The molecule has 1 atom stereocenters. The molecule has 5 heteroatoms. The number of para-hydroxylation sites is 1. The number of aryl methyl sites for hydroxylation is 1. The average Bonchev–Trinajstić information content (AvgIpc) is 2.77. The van der Waals surface area contributed by atoms with Crippen molar-refractivity contribution in [2.24, 2.45) is 5.92 Å². The zero-order valence-electron chi connectivity index (χ0n) is 16.8. The van der Waals surface area contributed by atoms with Crippen LogP contribution in [0, 0.1) is 5.92 Å². The number of piperidine rings is 1. The number of benzene rings is 2. The van der Waals surface area contributed by atoms with Crippen LogP contribution in [0.4, 0.5) is 5.69 Å². The molecule has 0 saturated carbocycles. The molecule has 0 spiro atoms. The number of likely N-dealkylation sites (tertiary alicyclic amines) is 1. The summed E-state index contributed by atoms with van der Waals surface area (Å²) < 4.78 is 5.45. The van der Waals surface area contributed by atoms with Gasteiger partial charge in [0.25, 0.3) is 5.91 Å². The maximum absolute atomic E-state index is 12.7. The quantitative estimate of drug-likeness (QED) is 0.732. The zero-order valence-corrected chi connectivity index (χ0v) is 16.8. The third-order valence-electron chi connectivity index (χ3n) is 5.84. The highest BCUT2D eigenvalue weighted by Crippen LogP contribution is 2.27. The van der Waals surface area contributed by atoms with E-state index in [1.165, 1.54) is 11.1 Å². The molecule has 0 aliphatic carbocycles. The molecule has 2 aromatic rings. The van der Waals surface area contributed by atoms with Gasteiger partial charge in [0.05, 0.1) is 5.92 Å². The molecule has 0 radical (unpaired) electrons. The minimum atomic E-state index is -0.249. The number of hydrogen-bond donors (Lipinski definition) is 0. The van der Waals surface area contributed by atoms with Crippen molar-refractivity contribution < 1.29 is 14.3 Å². The SMILES string of the molecule is O=C(OCC(=O)N1CCCc2ccccc21)C1CCCN(Cc2ccccc2)C1. The Hall–Kier alpha value is -2.66. The maximum atomic E-state index is 12.7. The summed E-state index contributed by atoms with van der Waals surface area (Å²) in [4.78, 5) is 29.4. The number of hydrogen-bond acceptors (Lipinski definition) is 4. The van der Waals surface area contributed by atoms with Gasteiger partial charge in [0.2, 0.25) is 0 Å². The third-order valence-corrected chi connectivity index (χ3v) is 5.84. The topological polar surface area (TPSA) is 49.9 Å². The van der Waals surface area contributed by atoms with Crippen molar-refractivity contribution in [1.29, 1.82) is 0 Å². The molecule has 1 fully saturated rings. The molecule has 1 amide bonds. The molecule has 2 heterocycles. The average molecular weight is 392 g/mol. The lowest BCUT2D eigenvalue weighted by atomic mass is 9.97. The zero-order chi connectivity index (χ0) is 20.1. The number of nitrogens with zero attached hydrogens (tertiary/aromatic N) is 2. The number of ether oxygens (including phenoxy) is 1. The molecule has 29 heavy (non-hydrogen) atoms. The first-order chi connectivity index (χ1) is 14.2. The number of carbonyl (C=O) groups is 2. The van der Waals surface area contributed by atoms with Crippen molar-refractivity contribution in [3.05, 3.63) is 65.7 Å². The first kappa shape index (κ1) is 19.6. The standard InChI is InChI=1S/C24H28N2O3/c27-23(26-15-7-11-20-10-4-5-13-22(20)26)18-29-24(28)21-12-6-14-25(17-21)16-19-8-2-1-3-9-19/h1-5,8-10,13,21H,6-7,11-12,14-18H2. The van der Waals surface area contributed by atoms with Gasteiger partial charge in [0.15, 0.2) is 6.61 Å². The predicted molar refractivity (Wildman–Crippen MR) is 113 cm³/mol. The van der Waals surface area contributed by atoms with E-state index in [0.29, 0.717) is 13.1 Å². The van der Waals surface area contributed by atoms with E-state index in [1.807, 2.05) is 36.4 Å². The van der Waals surface area contributed by atoms with Crippen LogP contribution in [0.15, 0.2) is 54.6 Å². The van der Waals surface area contributed by atoms with Gasteiger partial charge in [-0.25, -0.2) is 0 Å². The van der Waals surface area contributed by atoms with Crippen LogP contribution >= 0.6 is 0 Å². The van der Waals surface area contributed by atoms with Crippen molar-refractivity contribution in [2.45, 2.75) is 32.2 Å². The van der Waals surface area contributed by atoms with Crippen molar-refractivity contribution in [1.82, 2.24) is 4.90 Å². The molecule has 2 aromatic carbocycles. The van der Waals surface area contributed by atoms with E-state index < -0.39 is 0 Å². The highest BCUT2D eigenvalue weighted by Gasteiger charge is 2.29. The number of rotatable bonds is 5. The monoisotopic (exact) mass is 392 g/mol. The van der Waals surface area contributed by atoms with Crippen LogP contribution in [-0.2, 0) is 27.3 Å². The Balaban J connectivity index is 1.30. The summed E-state index contributed by atoms with van der Waals surface area (Å²) >= 11 is 0. The van der Waals surface area contributed by atoms with E-state index >= 15 is 0 Å². The molecule has 152 valence electrons. The van der Waals surface area contributed by atoms with Gasteiger partial charge < -0.3 is 9.64 Å². The summed E-state index contributed by atoms with van der Waals surface area (Å²) in [5.41, 5.74) is 3.38. The van der Waals surface area contributed by atoms with Crippen molar-refractivity contribution in [3.8, 4) is 0 Å². The molecule has 5 nitrogen and oxygen atoms in total. The van der Waals surface area contributed by atoms with Crippen LogP contribution in [-0.4, -0.2) is 43.0 Å². The van der Waals surface area contributed by atoms with E-state index in [1.54, 1.807) is 4.90 Å². The number of fused-ring (bicyclic) bond motifs is 1. The Bertz CT molecular complexity index is 852. The molecule has 2 aliphatic rings. The lowest BCUT2D eigenvalue weighted by Gasteiger charge is -2.32. The Kier molecular flexibility index (Phi) is 6.25. The Labute approximate surface area is 172 Å². The Morgan fingerprint density at radius 1 is 0.966 bits per heavy atom. The van der Waals surface area contributed by atoms with Crippen LogP contribution < -0.4 is 4.90 Å². The van der Waals surface area contributed by atoms with Gasteiger partial charge >= 0.3 is 5.97 Å². The van der Waals surface area contributed by atoms with Gasteiger partial charge in [-0.15, -0.1) is 0 Å². The van der Waals surface area contributed by atoms with Crippen LogP contribution in [0.25, 0.3) is 0 Å². The fraction of sp³-hybridized carbons (Fsp3) is 0.417. The number of carbonyl (C=O) groups excluding carboxylic acids is 2. The molecule has 1 saturated heterocycles. The van der Waals surface area contributed by atoms with Crippen LogP contribution in [0.2, 0.25) is 0 Å². The van der Waals surface area contributed by atoms with Gasteiger partial charge in [0, 0.05) is 25.3 Å². The molecule has 1 unspecified atom stereocenters. The summed E-state index contributed by atoms with van der Waals surface area (Å²) in [7, 11) is 0. The van der Waals surface area contributed by atoms with Crippen molar-refractivity contribution >= 4 is 17.6 Å². The first-order valence-electron chi connectivity index (χ1n) is 10.5. The smallest absolute Gasteiger partial charge is 0.310 e. The van der Waals surface area contributed by atoms with E-state index in [4.69, 9.17) is 4.74 Å². The van der Waals surface area contributed by atoms with Crippen LogP contribution in [0.5, 0.6) is 0 Å². The normalized spacial score (nSPS) is 19.4. The molecular formula is C24H28N2O3. The summed E-state index contributed by atoms with van der Waals surface area (Å²) in [6, 6.07) is 18.3. The second kappa shape index (κ2) is 9.23. The van der Waals surface area contributed by atoms with Gasteiger partial charge in [-0.1, -0.05) is 48.5 Å². The summed E-state index contributed by atoms with van der Waals surface area (Å²) in [6.45, 7) is 3.02. The fourth-order valence-electron chi connectivity index (χ4n) is 4.35. The molecule has 0 bridgehead atoms. The number of anilines is 1. The molecular weight excluding hydrogens is 364 g/mol. The minimum Gasteiger partial charge on any atom is -0.455 e. The van der Waals surface area contributed by atoms with Gasteiger partial charge in [0.1, 0.15) is 0 Å². The van der Waals surface area contributed by atoms with E-state index in [-0.39, 0.29) is 24.4 Å². The lowest BCUT2D eigenvalue weighted by Crippen LogP contribution is -2.41. The summed E-state index contributed by atoms with van der Waals surface area (Å²) in [5, 5.41) is 0. The Morgan fingerprint density at radius 2 is 1.76 bits per heavy atom.